The lowest BCUT2D eigenvalue weighted by atomic mass is 9.77. The number of aromatic hydroxyl groups is 1. The first kappa shape index (κ1) is 34.5. The Morgan fingerprint density at radius 3 is 1.53 bits per heavy atom. The van der Waals surface area contributed by atoms with Gasteiger partial charge in [-0.2, -0.15) is 0 Å². The summed E-state index contributed by atoms with van der Waals surface area (Å²) in [5.41, 5.74) is 2.58. The molecule has 1 unspecified atom stereocenters. The van der Waals surface area contributed by atoms with Crippen LogP contribution in [-0.4, -0.2) is 17.6 Å². The number of phenols is 1. The zero-order valence-corrected chi connectivity index (χ0v) is 26.6. The molecular formula is C35H63NO2. The third kappa shape index (κ3) is 13.5. The molecule has 0 bridgehead atoms. The number of nitrogens with one attached hydrogen (secondary N) is 1. The second-order valence-electron chi connectivity index (χ2n) is 13.8. The van der Waals surface area contributed by atoms with E-state index in [1.165, 1.54) is 96.3 Å². The number of carbonyl (C=O) groups is 1. The molecule has 0 saturated carbocycles. The number of amides is 1. The number of hydrogen-bond acceptors (Lipinski definition) is 2. The standard InChI is InChI=1S/C35H63NO2/c1-9-10-11-12-13-14-15-16-17-18-19-20-21-22-23-24-25-36-33(38)28(2)30-26-29(34(3,4)5)27-31(32(30)37)35(6,7)8/h26-28,37H,9-25H2,1-8H3,(H,36,38). The van der Waals surface area contributed by atoms with Crippen LogP contribution in [0.25, 0.3) is 0 Å². The average Bonchev–Trinajstić information content (AvgIpc) is 2.84. The van der Waals surface area contributed by atoms with Crippen LogP contribution in [0.2, 0.25) is 0 Å². The van der Waals surface area contributed by atoms with Crippen molar-refractivity contribution in [1.29, 1.82) is 0 Å². The first-order valence-corrected chi connectivity index (χ1v) is 16.0. The largest absolute Gasteiger partial charge is 0.507 e. The molecule has 0 spiro atoms. The van der Waals surface area contributed by atoms with Crippen LogP contribution < -0.4 is 5.32 Å². The van der Waals surface area contributed by atoms with Gasteiger partial charge in [0.15, 0.2) is 0 Å². The fraction of sp³-hybridized carbons (Fsp3) is 0.800. The molecule has 0 fully saturated rings. The quantitative estimate of drug-likeness (QED) is 0.175. The summed E-state index contributed by atoms with van der Waals surface area (Å²) < 4.78 is 0. The molecule has 3 nitrogen and oxygen atoms in total. The van der Waals surface area contributed by atoms with E-state index in [-0.39, 0.29) is 28.4 Å². The number of unbranched alkanes of at least 4 members (excludes halogenated alkanes) is 15. The molecule has 0 aliphatic carbocycles. The van der Waals surface area contributed by atoms with Gasteiger partial charge in [0.2, 0.25) is 5.91 Å². The van der Waals surface area contributed by atoms with E-state index in [4.69, 9.17) is 0 Å². The van der Waals surface area contributed by atoms with Crippen molar-refractivity contribution in [3.8, 4) is 5.75 Å². The van der Waals surface area contributed by atoms with E-state index in [9.17, 15) is 9.90 Å². The average molecular weight is 530 g/mol. The summed E-state index contributed by atoms with van der Waals surface area (Å²) in [7, 11) is 0. The van der Waals surface area contributed by atoms with Gasteiger partial charge >= 0.3 is 0 Å². The van der Waals surface area contributed by atoms with E-state index in [0.29, 0.717) is 6.54 Å². The molecule has 1 amide bonds. The van der Waals surface area contributed by atoms with Crippen LogP contribution in [0.3, 0.4) is 0 Å². The molecule has 0 saturated heterocycles. The molecule has 220 valence electrons. The van der Waals surface area contributed by atoms with Gasteiger partial charge in [-0.15, -0.1) is 0 Å². The van der Waals surface area contributed by atoms with Gasteiger partial charge in [0.25, 0.3) is 0 Å². The van der Waals surface area contributed by atoms with Crippen molar-refractivity contribution < 1.29 is 9.90 Å². The van der Waals surface area contributed by atoms with Crippen molar-refractivity contribution in [3.63, 3.8) is 0 Å². The van der Waals surface area contributed by atoms with Gasteiger partial charge in [0.1, 0.15) is 5.75 Å². The highest BCUT2D eigenvalue weighted by atomic mass is 16.3. The number of benzene rings is 1. The maximum Gasteiger partial charge on any atom is 0.227 e. The zero-order valence-electron chi connectivity index (χ0n) is 26.6. The SMILES string of the molecule is CCCCCCCCCCCCCCCCCCNC(=O)C(C)c1cc(C(C)(C)C)cc(C(C)(C)C)c1O. The summed E-state index contributed by atoms with van der Waals surface area (Å²) in [6, 6.07) is 4.14. The van der Waals surface area contributed by atoms with Crippen molar-refractivity contribution in [1.82, 2.24) is 5.32 Å². The van der Waals surface area contributed by atoms with E-state index in [2.05, 4.69) is 59.8 Å². The first-order valence-electron chi connectivity index (χ1n) is 16.0. The number of hydrogen-bond donors (Lipinski definition) is 2. The van der Waals surface area contributed by atoms with Crippen molar-refractivity contribution in [2.75, 3.05) is 6.54 Å². The lowest BCUT2D eigenvalue weighted by Gasteiger charge is -2.28. The summed E-state index contributed by atoms with van der Waals surface area (Å²) in [4.78, 5) is 13.0. The molecule has 1 rings (SSSR count). The summed E-state index contributed by atoms with van der Waals surface area (Å²) in [6.07, 6.45) is 21.6. The molecule has 2 N–H and O–H groups in total. The van der Waals surface area contributed by atoms with Gasteiger partial charge in [-0.25, -0.2) is 0 Å². The monoisotopic (exact) mass is 529 g/mol. The van der Waals surface area contributed by atoms with Crippen LogP contribution in [0.4, 0.5) is 0 Å². The van der Waals surface area contributed by atoms with E-state index >= 15 is 0 Å². The molecule has 0 heterocycles. The summed E-state index contributed by atoms with van der Waals surface area (Å²) in [5.74, 6) is -0.0952. The normalized spacial score (nSPS) is 13.1. The summed E-state index contributed by atoms with van der Waals surface area (Å²) >= 11 is 0. The summed E-state index contributed by atoms with van der Waals surface area (Å²) in [6.45, 7) is 17.8. The van der Waals surface area contributed by atoms with Gasteiger partial charge in [0.05, 0.1) is 5.92 Å². The molecule has 38 heavy (non-hydrogen) atoms. The van der Waals surface area contributed by atoms with Gasteiger partial charge in [0, 0.05) is 12.1 Å². The predicted octanol–water partition coefficient (Wildman–Crippen LogP) is 10.5. The Hall–Kier alpha value is -1.51. The smallest absolute Gasteiger partial charge is 0.227 e. The highest BCUT2D eigenvalue weighted by Gasteiger charge is 2.28. The Morgan fingerprint density at radius 1 is 0.711 bits per heavy atom. The first-order chi connectivity index (χ1) is 17.9. The Bertz CT molecular complexity index is 784. The van der Waals surface area contributed by atoms with Crippen LogP contribution in [0.5, 0.6) is 5.75 Å². The second-order valence-corrected chi connectivity index (χ2v) is 13.8. The van der Waals surface area contributed by atoms with Crippen molar-refractivity contribution in [2.24, 2.45) is 0 Å². The van der Waals surface area contributed by atoms with Crippen LogP contribution >= 0.6 is 0 Å². The molecule has 1 aromatic carbocycles. The number of carbonyl (C=O) groups excluding carboxylic acids is 1. The van der Waals surface area contributed by atoms with Crippen LogP contribution in [0.15, 0.2) is 12.1 Å². The molecular weight excluding hydrogens is 466 g/mol. The minimum absolute atomic E-state index is 0.00665. The Labute approximate surface area is 237 Å². The minimum atomic E-state index is -0.376. The predicted molar refractivity (Wildman–Crippen MR) is 166 cm³/mol. The Morgan fingerprint density at radius 2 is 1.13 bits per heavy atom. The van der Waals surface area contributed by atoms with Crippen molar-refractivity contribution in [3.05, 3.63) is 28.8 Å². The molecule has 3 heteroatoms. The van der Waals surface area contributed by atoms with Gasteiger partial charge in [-0.1, -0.05) is 157 Å². The number of rotatable bonds is 19. The van der Waals surface area contributed by atoms with Crippen LogP contribution in [0, 0.1) is 0 Å². The second kappa shape index (κ2) is 18.0. The van der Waals surface area contributed by atoms with E-state index in [1.807, 2.05) is 13.0 Å². The van der Waals surface area contributed by atoms with Crippen LogP contribution in [-0.2, 0) is 15.6 Å². The highest BCUT2D eigenvalue weighted by Crippen LogP contribution is 2.40. The van der Waals surface area contributed by atoms with E-state index in [0.717, 1.165) is 23.1 Å². The fourth-order valence-electron chi connectivity index (χ4n) is 5.17. The van der Waals surface area contributed by atoms with Gasteiger partial charge < -0.3 is 10.4 Å². The molecule has 0 aromatic heterocycles. The lowest BCUT2D eigenvalue weighted by molar-refractivity contribution is -0.122. The Balaban J connectivity index is 2.26. The molecule has 0 radical (unpaired) electrons. The minimum Gasteiger partial charge on any atom is -0.507 e. The third-order valence-corrected chi connectivity index (χ3v) is 8.00. The zero-order chi connectivity index (χ0) is 28.6. The van der Waals surface area contributed by atoms with Gasteiger partial charge in [-0.05, 0) is 35.3 Å². The number of phenolic OH excluding ortho intramolecular Hbond substituents is 1. The van der Waals surface area contributed by atoms with E-state index < -0.39 is 0 Å². The molecule has 0 aliphatic rings. The van der Waals surface area contributed by atoms with Gasteiger partial charge in [-0.3, -0.25) is 4.79 Å². The third-order valence-electron chi connectivity index (χ3n) is 8.00. The van der Waals surface area contributed by atoms with Crippen LogP contribution in [0.1, 0.15) is 181 Å². The highest BCUT2D eigenvalue weighted by molar-refractivity contribution is 5.84. The molecule has 1 atom stereocenters. The topological polar surface area (TPSA) is 49.3 Å². The fourth-order valence-corrected chi connectivity index (χ4v) is 5.17. The maximum absolute atomic E-state index is 13.0. The summed E-state index contributed by atoms with van der Waals surface area (Å²) in [5, 5.41) is 14.2. The molecule has 0 aliphatic heterocycles. The molecule has 1 aromatic rings. The lowest BCUT2D eigenvalue weighted by Crippen LogP contribution is -2.29. The van der Waals surface area contributed by atoms with Crippen molar-refractivity contribution >= 4 is 5.91 Å². The Kier molecular flexibility index (Phi) is 16.3. The maximum atomic E-state index is 13.0. The van der Waals surface area contributed by atoms with Crippen molar-refractivity contribution in [2.45, 2.75) is 175 Å². The van der Waals surface area contributed by atoms with E-state index in [1.54, 1.807) is 0 Å².